The number of nitrogens with one attached hydrogen (secondary N) is 1. The van der Waals surface area contributed by atoms with Crippen molar-refractivity contribution in [2.24, 2.45) is 5.92 Å². The van der Waals surface area contributed by atoms with Gasteiger partial charge in [-0.25, -0.2) is 9.97 Å². The monoisotopic (exact) mass is 360 g/mol. The van der Waals surface area contributed by atoms with Crippen molar-refractivity contribution < 1.29 is 4.79 Å². The third kappa shape index (κ3) is 3.62. The van der Waals surface area contributed by atoms with Crippen LogP contribution in [0.2, 0.25) is 0 Å². The van der Waals surface area contributed by atoms with Gasteiger partial charge in [-0.2, -0.15) is 0 Å². The van der Waals surface area contributed by atoms with Gasteiger partial charge < -0.3 is 10.2 Å². The van der Waals surface area contributed by atoms with Gasteiger partial charge in [-0.1, -0.05) is 22.0 Å². The van der Waals surface area contributed by atoms with E-state index >= 15 is 0 Å². The molecule has 1 aromatic heterocycles. The fourth-order valence-electron chi connectivity index (χ4n) is 2.64. The van der Waals surface area contributed by atoms with Gasteiger partial charge in [-0.05, 0) is 37.1 Å². The highest BCUT2D eigenvalue weighted by molar-refractivity contribution is 9.10. The highest BCUT2D eigenvalue weighted by Gasteiger charge is 2.27. The van der Waals surface area contributed by atoms with Gasteiger partial charge in [0.25, 0.3) is 0 Å². The summed E-state index contributed by atoms with van der Waals surface area (Å²) in [5.41, 5.74) is 0.812. The minimum atomic E-state index is -0.0449. The van der Waals surface area contributed by atoms with Gasteiger partial charge in [0.2, 0.25) is 11.9 Å². The first-order chi connectivity index (χ1) is 10.7. The lowest BCUT2D eigenvalue weighted by Crippen LogP contribution is -2.41. The van der Waals surface area contributed by atoms with Crippen molar-refractivity contribution in [1.29, 1.82) is 0 Å². The molecule has 0 aliphatic carbocycles. The Morgan fingerprint density at radius 2 is 2.09 bits per heavy atom. The molecule has 1 fully saturated rings. The smallest absolute Gasteiger partial charge is 0.229 e. The van der Waals surface area contributed by atoms with E-state index in [4.69, 9.17) is 0 Å². The topological polar surface area (TPSA) is 58.1 Å². The number of carbonyl (C=O) groups excluding carboxylic acids is 1. The molecule has 1 N–H and O–H groups in total. The van der Waals surface area contributed by atoms with Gasteiger partial charge >= 0.3 is 0 Å². The van der Waals surface area contributed by atoms with E-state index in [0.29, 0.717) is 12.5 Å². The number of anilines is 2. The number of amides is 1. The van der Waals surface area contributed by atoms with E-state index in [9.17, 15) is 4.79 Å². The molecule has 0 spiro atoms. The molecule has 5 nitrogen and oxygen atoms in total. The average molecular weight is 361 g/mol. The van der Waals surface area contributed by atoms with E-state index in [1.54, 1.807) is 18.5 Å². The van der Waals surface area contributed by atoms with Crippen LogP contribution in [0.25, 0.3) is 0 Å². The first-order valence-electron chi connectivity index (χ1n) is 7.31. The molecule has 0 radical (unpaired) electrons. The molecule has 6 heteroatoms. The molecule has 1 aliphatic rings. The molecule has 2 heterocycles. The van der Waals surface area contributed by atoms with Crippen molar-refractivity contribution in [1.82, 2.24) is 9.97 Å². The Balaban J connectivity index is 1.65. The lowest BCUT2D eigenvalue weighted by molar-refractivity contribution is -0.120. The molecule has 1 aliphatic heterocycles. The molecular formula is C16H17BrN4O. The van der Waals surface area contributed by atoms with E-state index in [1.165, 1.54) is 0 Å². The van der Waals surface area contributed by atoms with E-state index < -0.39 is 0 Å². The summed E-state index contributed by atoms with van der Waals surface area (Å²) in [6.45, 7) is 1.55. The fourth-order valence-corrected chi connectivity index (χ4v) is 3.04. The molecule has 0 unspecified atom stereocenters. The molecule has 0 bridgehead atoms. The van der Waals surface area contributed by atoms with Crippen molar-refractivity contribution >= 4 is 33.5 Å². The van der Waals surface area contributed by atoms with Gasteiger partial charge in [0.05, 0.1) is 5.92 Å². The maximum absolute atomic E-state index is 12.5. The first-order valence-corrected chi connectivity index (χ1v) is 8.10. The average Bonchev–Trinajstić information content (AvgIpc) is 2.56. The predicted molar refractivity (Wildman–Crippen MR) is 89.7 cm³/mol. The number of carbonyl (C=O) groups is 1. The van der Waals surface area contributed by atoms with Crippen LogP contribution < -0.4 is 10.2 Å². The van der Waals surface area contributed by atoms with Crippen molar-refractivity contribution in [3.05, 3.63) is 47.2 Å². The maximum Gasteiger partial charge on any atom is 0.229 e. The van der Waals surface area contributed by atoms with Crippen molar-refractivity contribution in [3.63, 3.8) is 0 Å². The van der Waals surface area contributed by atoms with Crippen LogP contribution in [0.5, 0.6) is 0 Å². The Bertz CT molecular complexity index is 650. The minimum absolute atomic E-state index is 0.0449. The molecule has 1 aromatic carbocycles. The summed E-state index contributed by atoms with van der Waals surface area (Å²) in [5.74, 6) is 0.706. The zero-order valence-corrected chi connectivity index (χ0v) is 13.7. The zero-order chi connectivity index (χ0) is 15.4. The minimum Gasteiger partial charge on any atom is -0.340 e. The van der Waals surface area contributed by atoms with E-state index in [-0.39, 0.29) is 11.8 Å². The van der Waals surface area contributed by atoms with Gasteiger partial charge in [-0.15, -0.1) is 0 Å². The Hall–Kier alpha value is -1.95. The quantitative estimate of drug-likeness (QED) is 0.913. The fraction of sp³-hybridized carbons (Fsp3) is 0.312. The Kier molecular flexibility index (Phi) is 4.68. The molecule has 3 rings (SSSR count). The first kappa shape index (κ1) is 15.0. The van der Waals surface area contributed by atoms with Gasteiger partial charge in [0.15, 0.2) is 0 Å². The molecule has 2 aromatic rings. The second kappa shape index (κ2) is 6.87. The number of benzene rings is 1. The highest BCUT2D eigenvalue weighted by atomic mass is 79.9. The number of halogens is 1. The van der Waals surface area contributed by atoms with E-state index in [2.05, 4.69) is 36.1 Å². The van der Waals surface area contributed by atoms with Crippen LogP contribution in [-0.4, -0.2) is 29.0 Å². The van der Waals surface area contributed by atoms with Crippen molar-refractivity contribution in [3.8, 4) is 0 Å². The van der Waals surface area contributed by atoms with Gasteiger partial charge in [0.1, 0.15) is 0 Å². The number of hydrogen-bond acceptors (Lipinski definition) is 4. The number of piperidine rings is 1. The maximum atomic E-state index is 12.5. The van der Waals surface area contributed by atoms with Crippen LogP contribution >= 0.6 is 15.9 Å². The normalized spacial score (nSPS) is 18.0. The van der Waals surface area contributed by atoms with Gasteiger partial charge in [-0.3, -0.25) is 4.79 Å². The summed E-state index contributed by atoms with van der Waals surface area (Å²) >= 11 is 3.41. The van der Waals surface area contributed by atoms with E-state index in [1.807, 2.05) is 24.3 Å². The number of nitrogens with zero attached hydrogens (tertiary/aromatic N) is 3. The van der Waals surface area contributed by atoms with Gasteiger partial charge in [0, 0.05) is 35.6 Å². The summed E-state index contributed by atoms with van der Waals surface area (Å²) < 4.78 is 0.952. The highest BCUT2D eigenvalue weighted by Crippen LogP contribution is 2.22. The van der Waals surface area contributed by atoms with E-state index in [0.717, 1.165) is 29.5 Å². The van der Waals surface area contributed by atoms with Crippen LogP contribution in [0, 0.1) is 5.92 Å². The summed E-state index contributed by atoms with van der Waals surface area (Å²) in [6.07, 6.45) is 5.32. The molecule has 1 amide bonds. The van der Waals surface area contributed by atoms with Crippen LogP contribution in [-0.2, 0) is 4.79 Å². The molecule has 1 atom stereocenters. The standard InChI is InChI=1S/C16H17BrN4O/c17-13-5-1-6-14(10-13)20-15(22)12-4-2-9-21(11-12)16-18-7-3-8-19-16/h1,3,5-8,10,12H,2,4,9,11H2,(H,20,22)/t12-/m1/s1. The van der Waals surface area contributed by atoms with Crippen LogP contribution in [0.3, 0.4) is 0 Å². The third-order valence-electron chi connectivity index (χ3n) is 3.72. The Morgan fingerprint density at radius 3 is 2.86 bits per heavy atom. The zero-order valence-electron chi connectivity index (χ0n) is 12.1. The largest absolute Gasteiger partial charge is 0.340 e. The second-order valence-electron chi connectivity index (χ2n) is 5.33. The molecule has 114 valence electrons. The van der Waals surface area contributed by atoms with Crippen molar-refractivity contribution in [2.75, 3.05) is 23.3 Å². The summed E-state index contributed by atoms with van der Waals surface area (Å²) in [5, 5.41) is 2.99. The summed E-state index contributed by atoms with van der Waals surface area (Å²) in [6, 6.07) is 9.43. The van der Waals surface area contributed by atoms with Crippen LogP contribution in [0.4, 0.5) is 11.6 Å². The predicted octanol–water partition coefficient (Wildman–Crippen LogP) is 3.09. The number of aromatic nitrogens is 2. The number of hydrogen-bond donors (Lipinski definition) is 1. The molecule has 22 heavy (non-hydrogen) atoms. The lowest BCUT2D eigenvalue weighted by Gasteiger charge is -2.31. The SMILES string of the molecule is O=C(Nc1cccc(Br)c1)[C@@H]1CCCN(c2ncccn2)C1. The third-order valence-corrected chi connectivity index (χ3v) is 4.21. The molecular weight excluding hydrogens is 344 g/mol. The molecule has 1 saturated heterocycles. The summed E-state index contributed by atoms with van der Waals surface area (Å²) in [4.78, 5) is 23.1. The lowest BCUT2D eigenvalue weighted by atomic mass is 9.97. The number of rotatable bonds is 3. The molecule has 0 saturated carbocycles. The second-order valence-corrected chi connectivity index (χ2v) is 6.25. The van der Waals surface area contributed by atoms with Crippen LogP contribution in [0.1, 0.15) is 12.8 Å². The van der Waals surface area contributed by atoms with Crippen molar-refractivity contribution in [2.45, 2.75) is 12.8 Å². The Labute approximate surface area is 137 Å². The summed E-state index contributed by atoms with van der Waals surface area (Å²) in [7, 11) is 0. The Morgan fingerprint density at radius 1 is 1.27 bits per heavy atom. The van der Waals surface area contributed by atoms with Crippen LogP contribution in [0.15, 0.2) is 47.2 Å².